The molecule has 0 saturated heterocycles. The average molecular weight is 443 g/mol. The van der Waals surface area contributed by atoms with E-state index in [2.05, 4.69) is 4.99 Å². The van der Waals surface area contributed by atoms with Crippen molar-refractivity contribution in [3.05, 3.63) is 0 Å². The van der Waals surface area contributed by atoms with Gasteiger partial charge in [0.15, 0.2) is 5.84 Å². The van der Waals surface area contributed by atoms with Crippen LogP contribution in [0.5, 0.6) is 0 Å². The quantitative estimate of drug-likeness (QED) is 0.0500. The lowest BCUT2D eigenvalue weighted by Gasteiger charge is -2.28. The van der Waals surface area contributed by atoms with Crippen molar-refractivity contribution >= 4 is 45.3 Å². The van der Waals surface area contributed by atoms with Gasteiger partial charge < -0.3 is 36.2 Å². The van der Waals surface area contributed by atoms with Crippen molar-refractivity contribution in [2.24, 2.45) is 10.7 Å². The Hall–Kier alpha value is -1.58. The van der Waals surface area contributed by atoms with Gasteiger partial charge in [-0.1, -0.05) is 21.6 Å². The zero-order chi connectivity index (χ0) is 21.5. The van der Waals surface area contributed by atoms with Crippen molar-refractivity contribution in [2.45, 2.75) is 6.29 Å². The topological polar surface area (TPSA) is 197 Å². The summed E-state index contributed by atoms with van der Waals surface area (Å²) in [5, 5.41) is 45.9. The van der Waals surface area contributed by atoms with Crippen LogP contribution in [-0.4, -0.2) is 123 Å². The summed E-state index contributed by atoms with van der Waals surface area (Å²) in [5.74, 6) is -2.74. The number of rotatable bonds is 16. The molecule has 0 rings (SSSR count). The molecule has 0 spiro atoms. The van der Waals surface area contributed by atoms with Gasteiger partial charge in [0.2, 0.25) is 6.29 Å². The second-order valence-electron chi connectivity index (χ2n) is 5.36. The number of nitrogens with zero attached hydrogens (tertiary/aromatic N) is 3. The SMILES string of the molecule is NCCSSCCN=C(C(O)O)N(CCN(CC(=O)O)CC(=O)O)CC(=O)O. The fourth-order valence-corrected chi connectivity index (χ4v) is 3.72. The van der Waals surface area contributed by atoms with Crippen LogP contribution in [0.4, 0.5) is 0 Å². The molecule has 12 nitrogen and oxygen atoms in total. The summed E-state index contributed by atoms with van der Waals surface area (Å²) in [5.41, 5.74) is 5.37. The van der Waals surface area contributed by atoms with Crippen molar-refractivity contribution in [2.75, 3.05) is 57.3 Å². The summed E-state index contributed by atoms with van der Waals surface area (Å²) in [6.45, 7) is -1.29. The van der Waals surface area contributed by atoms with Crippen LogP contribution in [0.15, 0.2) is 4.99 Å². The first-order chi connectivity index (χ1) is 13.2. The third kappa shape index (κ3) is 13.6. The van der Waals surface area contributed by atoms with Crippen LogP contribution in [0.2, 0.25) is 0 Å². The van der Waals surface area contributed by atoms with Crippen LogP contribution in [0.3, 0.4) is 0 Å². The molecule has 0 amide bonds. The zero-order valence-corrected chi connectivity index (χ0v) is 16.8. The number of aliphatic carboxylic acids is 3. The predicted molar refractivity (Wildman–Crippen MR) is 105 cm³/mol. The van der Waals surface area contributed by atoms with E-state index in [1.807, 2.05) is 0 Å². The van der Waals surface area contributed by atoms with Gasteiger partial charge in [0.1, 0.15) is 6.54 Å². The van der Waals surface area contributed by atoms with Crippen molar-refractivity contribution in [3.63, 3.8) is 0 Å². The minimum Gasteiger partial charge on any atom is -0.480 e. The van der Waals surface area contributed by atoms with Gasteiger partial charge in [-0.3, -0.25) is 24.3 Å². The second kappa shape index (κ2) is 15.4. The third-order valence-corrected chi connectivity index (χ3v) is 5.44. The number of amidine groups is 1. The minimum absolute atomic E-state index is 0.126. The van der Waals surface area contributed by atoms with Crippen molar-refractivity contribution in [3.8, 4) is 0 Å². The molecule has 0 atom stereocenters. The molecule has 0 aliphatic heterocycles. The maximum absolute atomic E-state index is 11.1. The summed E-state index contributed by atoms with van der Waals surface area (Å²) in [7, 11) is 3.01. The van der Waals surface area contributed by atoms with Crippen molar-refractivity contribution in [1.82, 2.24) is 9.80 Å². The van der Waals surface area contributed by atoms with Crippen LogP contribution in [0, 0.1) is 0 Å². The number of aliphatic hydroxyl groups excluding tert-OH is 1. The number of carboxylic acids is 3. The number of hydrogen-bond acceptors (Lipinski definition) is 10. The normalized spacial score (nSPS) is 11.8. The van der Waals surface area contributed by atoms with Crippen LogP contribution in [0.1, 0.15) is 0 Å². The summed E-state index contributed by atoms with van der Waals surface area (Å²) in [4.78, 5) is 39.0. The molecule has 0 unspecified atom stereocenters. The highest BCUT2D eigenvalue weighted by Gasteiger charge is 2.22. The Labute approximate surface area is 169 Å². The summed E-state index contributed by atoms with van der Waals surface area (Å²) in [6.07, 6.45) is -2.03. The van der Waals surface area contributed by atoms with Gasteiger partial charge in [0, 0.05) is 31.1 Å². The number of carboxylic acid groups (broad SMARTS) is 3. The average Bonchev–Trinajstić information content (AvgIpc) is 2.56. The van der Waals surface area contributed by atoms with Crippen LogP contribution < -0.4 is 5.73 Å². The lowest BCUT2D eigenvalue weighted by Crippen LogP contribution is -2.47. The molecular formula is C14H26N4O8S2. The van der Waals surface area contributed by atoms with E-state index in [9.17, 15) is 24.6 Å². The van der Waals surface area contributed by atoms with Gasteiger partial charge in [-0.15, -0.1) is 0 Å². The van der Waals surface area contributed by atoms with E-state index < -0.39 is 43.8 Å². The van der Waals surface area contributed by atoms with Crippen LogP contribution in [-0.2, 0) is 14.4 Å². The number of aliphatic hydroxyl groups is 2. The van der Waals surface area contributed by atoms with E-state index in [0.29, 0.717) is 12.3 Å². The predicted octanol–water partition coefficient (Wildman–Crippen LogP) is -2.11. The zero-order valence-electron chi connectivity index (χ0n) is 15.1. The molecule has 0 fully saturated rings. The molecule has 0 aromatic heterocycles. The molecule has 7 N–H and O–H groups in total. The summed E-state index contributed by atoms with van der Waals surface area (Å²) >= 11 is 0. The number of carbonyl (C=O) groups is 3. The molecule has 0 radical (unpaired) electrons. The Balaban J connectivity index is 5.05. The lowest BCUT2D eigenvalue weighted by atomic mass is 10.3. The fraction of sp³-hybridized carbons (Fsp3) is 0.714. The molecule has 0 saturated carbocycles. The smallest absolute Gasteiger partial charge is 0.323 e. The molecule has 162 valence electrons. The first-order valence-electron chi connectivity index (χ1n) is 8.15. The number of nitrogens with two attached hydrogens (primary N) is 1. The first kappa shape index (κ1) is 26.4. The Bertz CT molecular complexity index is 519. The highest BCUT2D eigenvalue weighted by molar-refractivity contribution is 8.76. The fourth-order valence-electron chi connectivity index (χ4n) is 2.00. The second-order valence-corrected chi connectivity index (χ2v) is 8.06. The molecule has 0 aromatic rings. The Morgan fingerprint density at radius 1 is 0.893 bits per heavy atom. The molecule has 0 heterocycles. The van der Waals surface area contributed by atoms with Gasteiger partial charge >= 0.3 is 17.9 Å². The minimum atomic E-state index is -2.03. The molecule has 0 bridgehead atoms. The van der Waals surface area contributed by atoms with Gasteiger partial charge in [0.25, 0.3) is 0 Å². The van der Waals surface area contributed by atoms with Crippen LogP contribution in [0.25, 0.3) is 0 Å². The van der Waals surface area contributed by atoms with E-state index in [1.54, 1.807) is 0 Å². The number of aliphatic imine (C=N–C) groups is 1. The highest BCUT2D eigenvalue weighted by Crippen LogP contribution is 2.19. The first-order valence-corrected chi connectivity index (χ1v) is 10.6. The van der Waals surface area contributed by atoms with E-state index >= 15 is 0 Å². The van der Waals surface area contributed by atoms with Crippen LogP contribution >= 0.6 is 21.6 Å². The summed E-state index contributed by atoms with van der Waals surface area (Å²) < 4.78 is 0. The monoisotopic (exact) mass is 442 g/mol. The van der Waals surface area contributed by atoms with Crippen molar-refractivity contribution < 1.29 is 39.9 Å². The standard InChI is InChI=1S/C14H26N4O8S2/c15-1-5-27-28-6-2-16-13(14(25)26)18(9-12(23)24)4-3-17(7-10(19)20)8-11(21)22/h14,25-26H,1-9,15H2,(H,19,20)(H,21,22)(H,23,24). The summed E-state index contributed by atoms with van der Waals surface area (Å²) in [6, 6.07) is 0. The van der Waals surface area contributed by atoms with E-state index in [0.717, 1.165) is 15.6 Å². The van der Waals surface area contributed by atoms with Gasteiger partial charge in [0.05, 0.1) is 19.6 Å². The molecule has 28 heavy (non-hydrogen) atoms. The largest absolute Gasteiger partial charge is 0.480 e. The van der Waals surface area contributed by atoms with Crippen molar-refractivity contribution in [1.29, 1.82) is 0 Å². The maximum atomic E-state index is 11.1. The molecule has 14 heteroatoms. The Morgan fingerprint density at radius 2 is 1.43 bits per heavy atom. The highest BCUT2D eigenvalue weighted by atomic mass is 33.1. The molecule has 0 aromatic carbocycles. The maximum Gasteiger partial charge on any atom is 0.323 e. The molecule has 0 aliphatic rings. The Kier molecular flexibility index (Phi) is 14.5. The third-order valence-electron chi connectivity index (χ3n) is 3.02. The van der Waals surface area contributed by atoms with E-state index in [-0.39, 0.29) is 25.5 Å². The molecule has 0 aliphatic carbocycles. The molecular weight excluding hydrogens is 416 g/mol. The van der Waals surface area contributed by atoms with E-state index in [4.69, 9.17) is 21.1 Å². The van der Waals surface area contributed by atoms with E-state index in [1.165, 1.54) is 21.6 Å². The Morgan fingerprint density at radius 3 is 1.89 bits per heavy atom. The van der Waals surface area contributed by atoms with Gasteiger partial charge in [-0.25, -0.2) is 0 Å². The number of hydrogen-bond donors (Lipinski definition) is 6. The van der Waals surface area contributed by atoms with Gasteiger partial charge in [-0.2, -0.15) is 0 Å². The lowest BCUT2D eigenvalue weighted by molar-refractivity contribution is -0.142. The van der Waals surface area contributed by atoms with Gasteiger partial charge in [-0.05, 0) is 0 Å².